The van der Waals surface area contributed by atoms with Crippen molar-refractivity contribution in [1.82, 2.24) is 4.57 Å². The van der Waals surface area contributed by atoms with Gasteiger partial charge in [-0.2, -0.15) is 0 Å². The molecule has 1 unspecified atom stereocenters. The lowest BCUT2D eigenvalue weighted by atomic mass is 9.83. The van der Waals surface area contributed by atoms with Crippen LogP contribution in [-0.4, -0.2) is 23.1 Å². The molecule has 1 aliphatic rings. The number of carbonyl (C=O) groups excluding carboxylic acids is 2. The highest BCUT2D eigenvalue weighted by Crippen LogP contribution is 2.40. The smallest absolute Gasteiger partial charge is 0.338 e. The summed E-state index contributed by atoms with van der Waals surface area (Å²) < 4.78 is 6.65. The molecule has 0 spiro atoms. The third-order valence-electron chi connectivity index (χ3n) is 5.43. The average Bonchev–Trinajstić information content (AvgIpc) is 3.11. The summed E-state index contributed by atoms with van der Waals surface area (Å²) in [7, 11) is 0. The van der Waals surface area contributed by atoms with Gasteiger partial charge in [0.05, 0.1) is 28.2 Å². The van der Waals surface area contributed by atoms with E-state index in [9.17, 15) is 14.4 Å². The fraction of sp³-hybridized carbons (Fsp3) is 0.125. The lowest BCUT2D eigenvalue weighted by molar-refractivity contribution is -0.138. The van der Waals surface area contributed by atoms with Gasteiger partial charge in [0.1, 0.15) is 10.5 Å². The van der Waals surface area contributed by atoms with Crippen molar-refractivity contribution in [2.45, 2.75) is 12.8 Å². The zero-order valence-electron chi connectivity index (χ0n) is 18.5. The van der Waals surface area contributed by atoms with Crippen LogP contribution >= 0.6 is 57.7 Å². The van der Waals surface area contributed by atoms with Gasteiger partial charge < -0.3 is 16.2 Å². The normalized spacial score (nSPS) is 15.8. The van der Waals surface area contributed by atoms with Gasteiger partial charge in [0.25, 0.3) is 5.56 Å². The summed E-state index contributed by atoms with van der Waals surface area (Å²) in [6.45, 7) is 1.65. The summed E-state index contributed by atoms with van der Waals surface area (Å²) in [5, 5.41) is 1.27. The lowest BCUT2D eigenvalue weighted by Crippen LogP contribution is -2.42. The predicted octanol–water partition coefficient (Wildman–Crippen LogP) is 3.48. The Balaban J connectivity index is 2.13. The van der Waals surface area contributed by atoms with E-state index in [0.717, 1.165) is 15.9 Å². The van der Waals surface area contributed by atoms with Crippen molar-refractivity contribution in [3.05, 3.63) is 92.7 Å². The number of nitrogens with two attached hydrogens (primary N) is 2. The van der Waals surface area contributed by atoms with Gasteiger partial charge in [-0.15, -0.1) is 11.3 Å². The summed E-state index contributed by atoms with van der Waals surface area (Å²) in [5.41, 5.74) is 12.3. The molecule has 4 rings (SSSR count). The summed E-state index contributed by atoms with van der Waals surface area (Å²) in [4.78, 5) is 39.4. The minimum absolute atomic E-state index is 0.0298. The van der Waals surface area contributed by atoms with E-state index < -0.39 is 23.4 Å². The van der Waals surface area contributed by atoms with Crippen molar-refractivity contribution in [3.63, 3.8) is 0 Å². The second-order valence-electron chi connectivity index (χ2n) is 7.62. The first-order valence-electron chi connectivity index (χ1n) is 10.4. The van der Waals surface area contributed by atoms with E-state index >= 15 is 0 Å². The third-order valence-corrected chi connectivity index (χ3v) is 7.66. The van der Waals surface area contributed by atoms with Crippen LogP contribution in [0, 0.1) is 0 Å². The van der Waals surface area contributed by atoms with E-state index in [0.29, 0.717) is 26.2 Å². The van der Waals surface area contributed by atoms with E-state index in [4.69, 9.17) is 62.6 Å². The van der Waals surface area contributed by atoms with Crippen LogP contribution < -0.4 is 26.2 Å². The Morgan fingerprint density at radius 1 is 1.06 bits per heavy atom. The Morgan fingerprint density at radius 3 is 2.28 bits per heavy atom. The molecule has 0 saturated carbocycles. The number of fused-ring (bicyclic) bond motifs is 1. The van der Waals surface area contributed by atoms with Gasteiger partial charge in [0.2, 0.25) is 5.91 Å². The quantitative estimate of drug-likeness (QED) is 0.445. The van der Waals surface area contributed by atoms with Crippen LogP contribution in [0.15, 0.2) is 46.8 Å². The molecule has 3 aromatic rings. The molecule has 0 radical (unpaired) electrons. The Hall–Kier alpha value is -2.75. The van der Waals surface area contributed by atoms with Crippen molar-refractivity contribution in [2.75, 3.05) is 6.61 Å². The molecule has 4 N–H and O–H groups in total. The molecule has 1 atom stereocenters. The minimum atomic E-state index is -1.10. The van der Waals surface area contributed by atoms with Crippen LogP contribution in [0.5, 0.6) is 0 Å². The Kier molecular flexibility index (Phi) is 7.54. The van der Waals surface area contributed by atoms with Crippen LogP contribution in [0.2, 0.25) is 20.1 Å². The zero-order chi connectivity index (χ0) is 26.3. The molecule has 0 fully saturated rings. The molecule has 0 aliphatic carbocycles. The van der Waals surface area contributed by atoms with E-state index in [-0.39, 0.29) is 37.8 Å². The highest BCUT2D eigenvalue weighted by molar-refractivity contribution is 7.07. The monoisotopic (exact) mass is 583 g/mol. The van der Waals surface area contributed by atoms with Crippen molar-refractivity contribution >= 4 is 87.1 Å². The number of rotatable bonds is 5. The first-order valence-corrected chi connectivity index (χ1v) is 12.7. The number of carbonyl (C=O) groups is 2. The number of amides is 1. The van der Waals surface area contributed by atoms with Crippen LogP contribution in [0.1, 0.15) is 24.0 Å². The topological polar surface area (TPSA) is 117 Å². The van der Waals surface area contributed by atoms with Gasteiger partial charge in [-0.1, -0.05) is 58.5 Å². The lowest BCUT2D eigenvalue weighted by Gasteiger charge is -2.27. The fourth-order valence-corrected chi connectivity index (χ4v) is 6.06. The molecule has 7 nitrogen and oxygen atoms in total. The number of nitrogens with zero attached hydrogens (tertiary/aromatic N) is 1. The molecule has 0 saturated heterocycles. The third kappa shape index (κ3) is 4.67. The average molecular weight is 585 g/mol. The van der Waals surface area contributed by atoms with E-state index in [1.54, 1.807) is 31.2 Å². The highest BCUT2D eigenvalue weighted by atomic mass is 35.5. The Bertz CT molecular complexity index is 1640. The molecule has 1 aromatic heterocycles. The number of aromatic nitrogens is 1. The number of ether oxygens (including phenoxy) is 1. The van der Waals surface area contributed by atoms with Crippen LogP contribution in [0.4, 0.5) is 0 Å². The number of esters is 1. The predicted molar refractivity (Wildman–Crippen MR) is 144 cm³/mol. The maximum absolute atomic E-state index is 13.5. The first-order chi connectivity index (χ1) is 17.0. The Morgan fingerprint density at radius 2 is 1.69 bits per heavy atom. The van der Waals surface area contributed by atoms with Crippen LogP contribution in [-0.2, 0) is 14.3 Å². The maximum Gasteiger partial charge on any atom is 0.338 e. The second kappa shape index (κ2) is 10.3. The van der Waals surface area contributed by atoms with Gasteiger partial charge >= 0.3 is 5.97 Å². The SMILES string of the molecule is CCOC(=O)C1=C(N)n2c(s/c(=C\c3ccc(Cl)cc3Cl)c2=O)=C(C(N)=O)C1c1ccc(Cl)cc1Cl. The van der Waals surface area contributed by atoms with Crippen molar-refractivity contribution < 1.29 is 14.3 Å². The first kappa shape index (κ1) is 26.3. The molecule has 2 heterocycles. The molecule has 2 aromatic carbocycles. The van der Waals surface area contributed by atoms with Gasteiger partial charge in [-0.25, -0.2) is 4.79 Å². The van der Waals surface area contributed by atoms with Crippen LogP contribution in [0.25, 0.3) is 17.5 Å². The summed E-state index contributed by atoms with van der Waals surface area (Å²) in [6.07, 6.45) is 1.54. The molecule has 1 amide bonds. The van der Waals surface area contributed by atoms with E-state index in [1.165, 1.54) is 18.2 Å². The number of benzene rings is 2. The van der Waals surface area contributed by atoms with Crippen molar-refractivity contribution in [2.24, 2.45) is 11.5 Å². The molecule has 0 bridgehead atoms. The number of thiazole rings is 1. The van der Waals surface area contributed by atoms with Gasteiger partial charge in [-0.3, -0.25) is 14.2 Å². The molecular weight excluding hydrogens is 568 g/mol. The standard InChI is InChI=1S/C24H17Cl4N3O4S/c1-2-35-24(34)18-17(13-6-5-12(26)9-15(13)28)19(21(30)32)23-31(20(18)29)22(33)16(36-23)7-10-3-4-11(25)8-14(10)27/h3-9,17H,2,29H2,1H3,(H2,30,32)/b16-7-. The number of primary amides is 1. The fourth-order valence-electron chi connectivity index (χ4n) is 3.90. The molecule has 1 aliphatic heterocycles. The minimum Gasteiger partial charge on any atom is -0.463 e. The molecule has 36 heavy (non-hydrogen) atoms. The number of hydrogen-bond donors (Lipinski definition) is 2. The maximum atomic E-state index is 13.5. The molecule has 186 valence electrons. The largest absolute Gasteiger partial charge is 0.463 e. The summed E-state index contributed by atoms with van der Waals surface area (Å²) >= 11 is 25.8. The second-order valence-corrected chi connectivity index (χ2v) is 10.3. The Labute approximate surface area is 228 Å². The number of hydrogen-bond acceptors (Lipinski definition) is 6. The van der Waals surface area contributed by atoms with Gasteiger partial charge in [0.15, 0.2) is 0 Å². The summed E-state index contributed by atoms with van der Waals surface area (Å²) in [6, 6.07) is 9.38. The highest BCUT2D eigenvalue weighted by Gasteiger charge is 2.39. The van der Waals surface area contributed by atoms with Crippen LogP contribution in [0.3, 0.4) is 0 Å². The van der Waals surface area contributed by atoms with Crippen molar-refractivity contribution in [3.8, 4) is 0 Å². The van der Waals surface area contributed by atoms with Crippen molar-refractivity contribution in [1.29, 1.82) is 0 Å². The van der Waals surface area contributed by atoms with E-state index in [1.807, 2.05) is 0 Å². The van der Waals surface area contributed by atoms with E-state index in [2.05, 4.69) is 0 Å². The molecule has 12 heteroatoms. The zero-order valence-corrected chi connectivity index (χ0v) is 22.3. The van der Waals surface area contributed by atoms with Gasteiger partial charge in [-0.05, 0) is 48.4 Å². The molecular formula is C24H17Cl4N3O4S. The number of halogens is 4. The summed E-state index contributed by atoms with van der Waals surface area (Å²) in [5.74, 6) is -2.99. The van der Waals surface area contributed by atoms with Gasteiger partial charge in [0, 0.05) is 20.1 Å².